The Morgan fingerprint density at radius 3 is 2.24 bits per heavy atom. The van der Waals surface area contributed by atoms with Crippen LogP contribution in [0.1, 0.15) is 49.3 Å². The number of pyridine rings is 2. The van der Waals surface area contributed by atoms with Crippen LogP contribution >= 0.6 is 0 Å². The second-order valence-corrected chi connectivity index (χ2v) is 6.24. The van der Waals surface area contributed by atoms with Crippen LogP contribution in [0.2, 0.25) is 0 Å². The fourth-order valence-corrected chi connectivity index (χ4v) is 2.63. The van der Waals surface area contributed by atoms with E-state index in [1.54, 1.807) is 14.2 Å². The number of aryl methyl sites for hydroxylation is 1. The fourth-order valence-electron chi connectivity index (χ4n) is 2.63. The Bertz CT molecular complexity index is 835. The molecule has 0 unspecified atom stereocenters. The normalized spacial score (nSPS) is 12.3. The molecule has 29 heavy (non-hydrogen) atoms. The van der Waals surface area contributed by atoms with Gasteiger partial charge < -0.3 is 19.1 Å². The Morgan fingerprint density at radius 1 is 0.897 bits per heavy atom. The topological polar surface area (TPSA) is 87.4 Å². The predicted molar refractivity (Wildman–Crippen MR) is 111 cm³/mol. The van der Waals surface area contributed by atoms with E-state index >= 15 is 0 Å². The number of hydrogen-bond acceptors (Lipinski definition) is 8. The lowest BCUT2D eigenvalue weighted by atomic mass is 10.2. The highest BCUT2D eigenvalue weighted by atomic mass is 16.7. The van der Waals surface area contributed by atoms with E-state index in [2.05, 4.69) is 20.3 Å². The second-order valence-electron chi connectivity index (χ2n) is 6.24. The van der Waals surface area contributed by atoms with Crippen LogP contribution in [0.4, 0.5) is 0 Å². The minimum Gasteiger partial charge on any atom is -0.399 e. The van der Waals surface area contributed by atoms with Crippen molar-refractivity contribution in [2.45, 2.75) is 33.0 Å². The fraction of sp³-hybridized carbons (Fsp3) is 0.429. The summed E-state index contributed by atoms with van der Waals surface area (Å²) in [7, 11) is 4.66. The van der Waals surface area contributed by atoms with Crippen molar-refractivity contribution in [3.8, 4) is 0 Å². The van der Waals surface area contributed by atoms with Gasteiger partial charge in [0.25, 0.3) is 0 Å². The van der Waals surface area contributed by atoms with E-state index in [1.807, 2.05) is 50.2 Å². The first kappa shape index (κ1) is 22.4. The molecule has 0 bridgehead atoms. The number of oxime groups is 2. The van der Waals surface area contributed by atoms with E-state index in [9.17, 15) is 0 Å². The van der Waals surface area contributed by atoms with Gasteiger partial charge in [0.1, 0.15) is 25.1 Å². The molecular formula is C21H28N4O4. The third-order valence-corrected chi connectivity index (χ3v) is 4.09. The van der Waals surface area contributed by atoms with Crippen LogP contribution < -0.4 is 0 Å². The average Bonchev–Trinajstić information content (AvgIpc) is 2.75. The predicted octanol–water partition coefficient (Wildman–Crippen LogP) is 3.51. The Labute approximate surface area is 171 Å². The first-order valence-corrected chi connectivity index (χ1v) is 9.32. The highest BCUT2D eigenvalue weighted by Crippen LogP contribution is 2.15. The maximum Gasteiger partial charge on any atom is 0.200 e. The molecule has 0 radical (unpaired) electrons. The Kier molecular flexibility index (Phi) is 9.20. The minimum atomic E-state index is -0.510. The van der Waals surface area contributed by atoms with E-state index in [0.717, 1.165) is 29.9 Å². The highest BCUT2D eigenvalue weighted by molar-refractivity contribution is 5.96. The molecule has 0 aromatic carbocycles. The average molecular weight is 400 g/mol. The monoisotopic (exact) mass is 400 g/mol. The van der Waals surface area contributed by atoms with Gasteiger partial charge in [0, 0.05) is 19.9 Å². The number of ether oxygens (including phenoxy) is 2. The van der Waals surface area contributed by atoms with Gasteiger partial charge in [0.15, 0.2) is 0 Å². The standard InChI is InChI=1S/C21H28N4O4/c1-15(24-28-5)18-11-6-9-17(22-18)10-8-14-29-25-16(2)19-12-7-13-20(23-19)21(26-3)27-4/h6-7,9,11-13,21H,8,10,14H2,1-5H3/b24-15+,25-16+. The molecule has 8 nitrogen and oxygen atoms in total. The zero-order valence-corrected chi connectivity index (χ0v) is 17.6. The number of methoxy groups -OCH3 is 2. The zero-order valence-electron chi connectivity index (χ0n) is 17.6. The number of rotatable bonds is 11. The minimum absolute atomic E-state index is 0.479. The molecule has 2 aromatic heterocycles. The summed E-state index contributed by atoms with van der Waals surface area (Å²) in [6, 6.07) is 11.4. The molecular weight excluding hydrogens is 372 g/mol. The summed E-state index contributed by atoms with van der Waals surface area (Å²) in [6.45, 7) is 4.19. The van der Waals surface area contributed by atoms with Crippen molar-refractivity contribution in [2.75, 3.05) is 27.9 Å². The molecule has 0 aliphatic rings. The number of aromatic nitrogens is 2. The molecule has 0 aliphatic heterocycles. The molecule has 0 spiro atoms. The van der Waals surface area contributed by atoms with Crippen molar-refractivity contribution in [1.82, 2.24) is 9.97 Å². The Balaban J connectivity index is 1.87. The molecule has 0 saturated carbocycles. The summed E-state index contributed by atoms with van der Waals surface area (Å²) in [5.41, 5.74) is 4.59. The van der Waals surface area contributed by atoms with Crippen LogP contribution in [0.25, 0.3) is 0 Å². The quantitative estimate of drug-likeness (QED) is 0.248. The van der Waals surface area contributed by atoms with Crippen molar-refractivity contribution in [3.05, 3.63) is 59.2 Å². The van der Waals surface area contributed by atoms with Crippen molar-refractivity contribution >= 4 is 11.4 Å². The van der Waals surface area contributed by atoms with Crippen LogP contribution in [0.15, 0.2) is 46.7 Å². The Hall–Kier alpha value is -2.84. The van der Waals surface area contributed by atoms with Crippen LogP contribution in [0, 0.1) is 0 Å². The van der Waals surface area contributed by atoms with Crippen molar-refractivity contribution in [3.63, 3.8) is 0 Å². The molecule has 0 N–H and O–H groups in total. The van der Waals surface area contributed by atoms with E-state index in [-0.39, 0.29) is 0 Å². The molecule has 156 valence electrons. The highest BCUT2D eigenvalue weighted by Gasteiger charge is 2.12. The lowest BCUT2D eigenvalue weighted by Gasteiger charge is -2.13. The third kappa shape index (κ3) is 6.92. The molecule has 2 aromatic rings. The zero-order chi connectivity index (χ0) is 21.1. The molecule has 0 atom stereocenters. The van der Waals surface area contributed by atoms with Gasteiger partial charge in [-0.1, -0.05) is 22.4 Å². The molecule has 0 aliphatic carbocycles. The maximum absolute atomic E-state index is 5.45. The van der Waals surface area contributed by atoms with Gasteiger partial charge >= 0.3 is 0 Å². The van der Waals surface area contributed by atoms with Crippen LogP contribution in [0.5, 0.6) is 0 Å². The first-order valence-electron chi connectivity index (χ1n) is 9.32. The summed E-state index contributed by atoms with van der Waals surface area (Å²) in [5.74, 6) is 0. The summed E-state index contributed by atoms with van der Waals surface area (Å²) in [5, 5.41) is 8.08. The van der Waals surface area contributed by atoms with Gasteiger partial charge in [0.05, 0.1) is 17.1 Å². The van der Waals surface area contributed by atoms with Gasteiger partial charge in [-0.3, -0.25) is 4.98 Å². The third-order valence-electron chi connectivity index (χ3n) is 4.09. The first-order chi connectivity index (χ1) is 14.1. The van der Waals surface area contributed by atoms with E-state index < -0.39 is 6.29 Å². The lowest BCUT2D eigenvalue weighted by Crippen LogP contribution is -2.09. The summed E-state index contributed by atoms with van der Waals surface area (Å²) in [4.78, 5) is 19.3. The second kappa shape index (κ2) is 11.9. The lowest BCUT2D eigenvalue weighted by molar-refractivity contribution is -0.108. The summed E-state index contributed by atoms with van der Waals surface area (Å²) < 4.78 is 10.5. The van der Waals surface area contributed by atoms with Gasteiger partial charge in [-0.15, -0.1) is 0 Å². The SMILES string of the molecule is CO/N=C(\C)c1cccc(CCCO/N=C(\C)c2cccc(C(OC)OC)n2)n1. The molecule has 8 heteroatoms. The largest absolute Gasteiger partial charge is 0.399 e. The maximum atomic E-state index is 5.45. The van der Waals surface area contributed by atoms with Crippen LogP contribution in [-0.4, -0.2) is 49.3 Å². The van der Waals surface area contributed by atoms with Gasteiger partial charge in [-0.05, 0) is 51.0 Å². The molecule has 2 rings (SSSR count). The molecule has 0 fully saturated rings. The van der Waals surface area contributed by atoms with E-state index in [4.69, 9.17) is 19.1 Å². The molecule has 2 heterocycles. The van der Waals surface area contributed by atoms with Crippen LogP contribution in [0.3, 0.4) is 0 Å². The van der Waals surface area contributed by atoms with Crippen molar-refractivity contribution in [2.24, 2.45) is 10.3 Å². The number of hydrogen-bond donors (Lipinski definition) is 0. The summed E-state index contributed by atoms with van der Waals surface area (Å²) in [6.07, 6.45) is 1.06. The van der Waals surface area contributed by atoms with Gasteiger partial charge in [0.2, 0.25) is 6.29 Å². The van der Waals surface area contributed by atoms with Crippen LogP contribution in [-0.2, 0) is 25.6 Å². The summed E-state index contributed by atoms with van der Waals surface area (Å²) >= 11 is 0. The molecule has 0 amide bonds. The number of nitrogens with zero attached hydrogens (tertiary/aromatic N) is 4. The van der Waals surface area contributed by atoms with E-state index in [1.165, 1.54) is 7.11 Å². The van der Waals surface area contributed by atoms with Crippen molar-refractivity contribution in [1.29, 1.82) is 0 Å². The van der Waals surface area contributed by atoms with Crippen molar-refractivity contribution < 1.29 is 19.1 Å². The van der Waals surface area contributed by atoms with Gasteiger partial charge in [-0.25, -0.2) is 4.98 Å². The Morgan fingerprint density at radius 2 is 1.55 bits per heavy atom. The van der Waals surface area contributed by atoms with E-state index in [0.29, 0.717) is 23.7 Å². The van der Waals surface area contributed by atoms with Gasteiger partial charge in [-0.2, -0.15) is 0 Å². The molecule has 0 saturated heterocycles. The smallest absolute Gasteiger partial charge is 0.200 e.